The van der Waals surface area contributed by atoms with Crippen molar-refractivity contribution >= 4 is 10.0 Å². The van der Waals surface area contributed by atoms with E-state index in [4.69, 9.17) is 14.0 Å². The van der Waals surface area contributed by atoms with Crippen molar-refractivity contribution in [1.29, 1.82) is 0 Å². The first-order chi connectivity index (χ1) is 13.3. The Morgan fingerprint density at radius 1 is 1.32 bits per heavy atom. The molecule has 0 N–H and O–H groups in total. The fourth-order valence-electron chi connectivity index (χ4n) is 3.41. The average Bonchev–Trinajstić information content (AvgIpc) is 3.19. The largest absolute Gasteiger partial charge is 0.376 e. The molecule has 28 heavy (non-hydrogen) atoms. The van der Waals surface area contributed by atoms with Gasteiger partial charge in [-0.2, -0.15) is 14.4 Å². The summed E-state index contributed by atoms with van der Waals surface area (Å²) in [6.07, 6.45) is 1.91. The van der Waals surface area contributed by atoms with Crippen LogP contribution in [0.1, 0.15) is 35.9 Å². The number of sulfonamides is 1. The first kappa shape index (κ1) is 20.9. The molecule has 2 aromatic rings. The summed E-state index contributed by atoms with van der Waals surface area (Å²) in [5.74, 6) is 0.976. The number of ether oxygens (including phenoxy) is 2. The molecule has 0 saturated carbocycles. The van der Waals surface area contributed by atoms with Crippen LogP contribution < -0.4 is 0 Å². The van der Waals surface area contributed by atoms with Crippen molar-refractivity contribution in [1.82, 2.24) is 24.2 Å². The quantitative estimate of drug-likeness (QED) is 0.629. The molecule has 1 saturated heterocycles. The van der Waals surface area contributed by atoms with Crippen LogP contribution in [0, 0.1) is 13.8 Å². The SMILES string of the molecule is COCc1nc(CCOC2CCCN(S(=O)(=O)c3c(C)nn(C)c3C)C2)no1. The maximum atomic E-state index is 13.1. The zero-order valence-electron chi connectivity index (χ0n) is 16.7. The zero-order chi connectivity index (χ0) is 20.3. The molecule has 1 fully saturated rings. The van der Waals surface area contributed by atoms with E-state index in [-0.39, 0.29) is 12.7 Å². The van der Waals surface area contributed by atoms with E-state index in [0.29, 0.717) is 54.1 Å². The van der Waals surface area contributed by atoms with Crippen molar-refractivity contribution < 1.29 is 22.4 Å². The van der Waals surface area contributed by atoms with Gasteiger partial charge in [0.25, 0.3) is 5.89 Å². The van der Waals surface area contributed by atoms with Crippen LogP contribution >= 0.6 is 0 Å². The summed E-state index contributed by atoms with van der Waals surface area (Å²) < 4.78 is 45.2. The number of hydrogen-bond donors (Lipinski definition) is 0. The smallest absolute Gasteiger partial charge is 0.252 e. The van der Waals surface area contributed by atoms with Crippen LogP contribution in [0.3, 0.4) is 0 Å². The van der Waals surface area contributed by atoms with Gasteiger partial charge in [-0.15, -0.1) is 0 Å². The van der Waals surface area contributed by atoms with Gasteiger partial charge in [0, 0.05) is 33.7 Å². The van der Waals surface area contributed by atoms with Gasteiger partial charge in [-0.05, 0) is 26.7 Å². The summed E-state index contributed by atoms with van der Waals surface area (Å²) in [4.78, 5) is 4.50. The van der Waals surface area contributed by atoms with E-state index >= 15 is 0 Å². The molecule has 11 heteroatoms. The zero-order valence-corrected chi connectivity index (χ0v) is 17.5. The van der Waals surface area contributed by atoms with Crippen LogP contribution in [-0.2, 0) is 39.6 Å². The highest BCUT2D eigenvalue weighted by Crippen LogP contribution is 2.26. The van der Waals surface area contributed by atoms with Gasteiger partial charge in [-0.3, -0.25) is 4.68 Å². The monoisotopic (exact) mass is 413 g/mol. The predicted molar refractivity (Wildman–Crippen MR) is 99.1 cm³/mol. The van der Waals surface area contributed by atoms with Crippen molar-refractivity contribution in [3.63, 3.8) is 0 Å². The number of piperidine rings is 1. The second-order valence-corrected chi connectivity index (χ2v) is 8.78. The van der Waals surface area contributed by atoms with E-state index in [0.717, 1.165) is 12.8 Å². The molecule has 3 rings (SSSR count). The summed E-state index contributed by atoms with van der Waals surface area (Å²) in [5.41, 5.74) is 1.16. The number of methoxy groups -OCH3 is 1. The molecule has 3 heterocycles. The molecule has 2 aromatic heterocycles. The number of aryl methyl sites for hydroxylation is 2. The Morgan fingerprint density at radius 2 is 2.11 bits per heavy atom. The van der Waals surface area contributed by atoms with Gasteiger partial charge in [-0.25, -0.2) is 8.42 Å². The van der Waals surface area contributed by atoms with E-state index in [1.165, 1.54) is 4.31 Å². The van der Waals surface area contributed by atoms with E-state index in [9.17, 15) is 8.42 Å². The molecule has 0 radical (unpaired) electrons. The summed E-state index contributed by atoms with van der Waals surface area (Å²) in [5, 5.41) is 8.11. The van der Waals surface area contributed by atoms with Crippen molar-refractivity contribution in [2.45, 2.75) is 50.7 Å². The van der Waals surface area contributed by atoms with Crippen LogP contribution in [-0.4, -0.2) is 65.6 Å². The molecule has 0 aromatic carbocycles. The number of hydrogen-bond acceptors (Lipinski definition) is 8. The van der Waals surface area contributed by atoms with Crippen LogP contribution in [0.4, 0.5) is 0 Å². The van der Waals surface area contributed by atoms with E-state index in [1.54, 1.807) is 32.7 Å². The van der Waals surface area contributed by atoms with Gasteiger partial charge in [0.05, 0.1) is 24.1 Å². The van der Waals surface area contributed by atoms with Gasteiger partial charge in [0.1, 0.15) is 11.5 Å². The second kappa shape index (κ2) is 8.68. The molecule has 0 bridgehead atoms. The third kappa shape index (κ3) is 4.43. The molecule has 1 aliphatic heterocycles. The molecule has 0 spiro atoms. The third-order valence-corrected chi connectivity index (χ3v) is 6.96. The number of rotatable bonds is 8. The maximum absolute atomic E-state index is 13.1. The minimum atomic E-state index is -3.60. The average molecular weight is 414 g/mol. The van der Waals surface area contributed by atoms with Gasteiger partial charge in [-0.1, -0.05) is 5.16 Å². The molecule has 1 unspecified atom stereocenters. The van der Waals surface area contributed by atoms with Crippen molar-refractivity contribution in [3.8, 4) is 0 Å². The molecule has 10 nitrogen and oxygen atoms in total. The van der Waals surface area contributed by atoms with Crippen LogP contribution in [0.25, 0.3) is 0 Å². The normalized spacial score (nSPS) is 18.6. The lowest BCUT2D eigenvalue weighted by molar-refractivity contribution is 0.0198. The first-order valence-electron chi connectivity index (χ1n) is 9.25. The lowest BCUT2D eigenvalue weighted by atomic mass is 10.1. The summed E-state index contributed by atoms with van der Waals surface area (Å²) >= 11 is 0. The van der Waals surface area contributed by atoms with Gasteiger partial charge in [0.15, 0.2) is 5.82 Å². The Hall–Kier alpha value is -1.82. The topological polar surface area (TPSA) is 113 Å². The van der Waals surface area contributed by atoms with Crippen molar-refractivity contribution in [3.05, 3.63) is 23.1 Å². The van der Waals surface area contributed by atoms with Gasteiger partial charge in [0.2, 0.25) is 10.0 Å². The van der Waals surface area contributed by atoms with Crippen molar-refractivity contribution in [2.24, 2.45) is 7.05 Å². The van der Waals surface area contributed by atoms with Crippen LogP contribution in [0.15, 0.2) is 9.42 Å². The number of aromatic nitrogens is 4. The fourth-order valence-corrected chi connectivity index (χ4v) is 5.32. The molecular weight excluding hydrogens is 386 g/mol. The lowest BCUT2D eigenvalue weighted by Gasteiger charge is -2.31. The fraction of sp³-hybridized carbons (Fsp3) is 0.706. The summed E-state index contributed by atoms with van der Waals surface area (Å²) in [6.45, 7) is 4.98. The third-order valence-electron chi connectivity index (χ3n) is 4.84. The maximum Gasteiger partial charge on any atom is 0.252 e. The Labute approximate surface area is 164 Å². The minimum absolute atomic E-state index is 0.161. The molecule has 1 atom stereocenters. The Morgan fingerprint density at radius 3 is 2.79 bits per heavy atom. The molecule has 0 aliphatic carbocycles. The van der Waals surface area contributed by atoms with E-state index in [2.05, 4.69) is 15.2 Å². The Kier molecular flexibility index (Phi) is 6.48. The lowest BCUT2D eigenvalue weighted by Crippen LogP contribution is -2.43. The summed E-state index contributed by atoms with van der Waals surface area (Å²) in [7, 11) is -0.290. The standard InChI is InChI=1S/C17H27N5O5S/c1-12-17(13(2)21(3)19-12)28(23,24)22-8-5-6-14(10-22)26-9-7-15-18-16(11-25-4)27-20-15/h14H,5-11H2,1-4H3. The van der Waals surface area contributed by atoms with Gasteiger partial charge >= 0.3 is 0 Å². The van der Waals surface area contributed by atoms with E-state index in [1.807, 2.05) is 0 Å². The highest BCUT2D eigenvalue weighted by atomic mass is 32.2. The highest BCUT2D eigenvalue weighted by molar-refractivity contribution is 7.89. The molecule has 1 aliphatic rings. The highest BCUT2D eigenvalue weighted by Gasteiger charge is 2.34. The number of nitrogens with zero attached hydrogens (tertiary/aromatic N) is 5. The van der Waals surface area contributed by atoms with Crippen molar-refractivity contribution in [2.75, 3.05) is 26.8 Å². The minimum Gasteiger partial charge on any atom is -0.376 e. The Balaban J connectivity index is 1.59. The molecule has 156 valence electrons. The second-order valence-electron chi connectivity index (χ2n) is 6.91. The van der Waals surface area contributed by atoms with Crippen LogP contribution in [0.5, 0.6) is 0 Å². The Bertz CT molecular complexity index is 907. The van der Waals surface area contributed by atoms with E-state index < -0.39 is 10.0 Å². The van der Waals surface area contributed by atoms with Crippen LogP contribution in [0.2, 0.25) is 0 Å². The first-order valence-corrected chi connectivity index (χ1v) is 10.7. The molecular formula is C17H27N5O5S. The molecule has 0 amide bonds. The predicted octanol–water partition coefficient (Wildman–Crippen LogP) is 0.979. The summed E-state index contributed by atoms with van der Waals surface area (Å²) in [6, 6.07) is 0. The van der Waals surface area contributed by atoms with Gasteiger partial charge < -0.3 is 14.0 Å².